The molecule has 2 rings (SSSR count). The van der Waals surface area contributed by atoms with Gasteiger partial charge in [0.15, 0.2) is 0 Å². The molecule has 2 aromatic heterocycles. The maximum absolute atomic E-state index is 12.4. The van der Waals surface area contributed by atoms with Gasteiger partial charge in [0.25, 0.3) is 5.91 Å². The second-order valence-electron chi connectivity index (χ2n) is 6.02. The van der Waals surface area contributed by atoms with E-state index < -0.39 is 0 Å². The highest BCUT2D eigenvalue weighted by atomic mass is 35.5. The molecule has 0 saturated carbocycles. The number of hydrogen-bond acceptors (Lipinski definition) is 4. The number of nitrogens with zero attached hydrogens (tertiary/aromatic N) is 1. The molecule has 3 nitrogen and oxygen atoms in total. The average Bonchev–Trinajstić information content (AvgIpc) is 2.94. The molecule has 0 aliphatic heterocycles. The van der Waals surface area contributed by atoms with Gasteiger partial charge in [-0.25, -0.2) is 4.98 Å². The second kappa shape index (κ2) is 6.07. The summed E-state index contributed by atoms with van der Waals surface area (Å²) in [5, 5.41) is 4.00. The van der Waals surface area contributed by atoms with E-state index in [2.05, 4.69) is 31.1 Å². The fourth-order valence-electron chi connectivity index (χ4n) is 1.82. The molecule has 0 saturated heterocycles. The molecule has 6 heteroatoms. The molecule has 114 valence electrons. The van der Waals surface area contributed by atoms with E-state index in [0.717, 1.165) is 19.9 Å². The number of aryl methyl sites for hydroxylation is 1. The maximum atomic E-state index is 12.4. The minimum absolute atomic E-state index is 0.0408. The summed E-state index contributed by atoms with van der Waals surface area (Å²) in [5.41, 5.74) is 0.750. The number of carbonyl (C=O) groups excluding carboxylic acids is 1. The summed E-state index contributed by atoms with van der Waals surface area (Å²) in [7, 11) is 0. The van der Waals surface area contributed by atoms with Crippen LogP contribution in [0.4, 0.5) is 0 Å². The van der Waals surface area contributed by atoms with Crippen molar-refractivity contribution in [2.24, 2.45) is 0 Å². The summed E-state index contributed by atoms with van der Waals surface area (Å²) in [5.74, 6) is -0.0717. The van der Waals surface area contributed by atoms with E-state index in [1.807, 2.05) is 26.0 Å². The molecular formula is C15H19ClN2OS2. The number of carbonyl (C=O) groups is 1. The highest BCUT2D eigenvalue weighted by Gasteiger charge is 2.24. The number of hydrogen-bond donors (Lipinski definition) is 1. The molecule has 0 aliphatic carbocycles. The molecule has 0 bridgehead atoms. The molecule has 0 radical (unpaired) electrons. The number of amides is 1. The van der Waals surface area contributed by atoms with E-state index >= 15 is 0 Å². The highest BCUT2D eigenvalue weighted by molar-refractivity contribution is 7.16. The molecular weight excluding hydrogens is 324 g/mol. The first-order chi connectivity index (χ1) is 9.68. The van der Waals surface area contributed by atoms with Gasteiger partial charge in [0, 0.05) is 10.3 Å². The van der Waals surface area contributed by atoms with Crippen LogP contribution in [-0.2, 0) is 5.41 Å². The third kappa shape index (κ3) is 3.84. The minimum atomic E-state index is -0.0717. The molecule has 1 unspecified atom stereocenters. The Kier molecular flexibility index (Phi) is 4.76. The summed E-state index contributed by atoms with van der Waals surface area (Å²) in [4.78, 5) is 18.7. The van der Waals surface area contributed by atoms with Gasteiger partial charge in [-0.15, -0.1) is 22.7 Å². The van der Waals surface area contributed by atoms with Crippen molar-refractivity contribution in [1.29, 1.82) is 0 Å². The van der Waals surface area contributed by atoms with Gasteiger partial charge >= 0.3 is 0 Å². The average molecular weight is 343 g/mol. The summed E-state index contributed by atoms with van der Waals surface area (Å²) < 4.78 is 0.732. The van der Waals surface area contributed by atoms with Crippen molar-refractivity contribution in [1.82, 2.24) is 10.3 Å². The van der Waals surface area contributed by atoms with Crippen molar-refractivity contribution >= 4 is 40.2 Å². The van der Waals surface area contributed by atoms with E-state index in [1.165, 1.54) is 22.7 Å². The minimum Gasteiger partial charge on any atom is -0.344 e. The van der Waals surface area contributed by atoms with Crippen LogP contribution in [0.15, 0.2) is 12.1 Å². The van der Waals surface area contributed by atoms with Crippen molar-refractivity contribution in [3.8, 4) is 0 Å². The van der Waals surface area contributed by atoms with Gasteiger partial charge in [-0.2, -0.15) is 0 Å². The first-order valence-electron chi connectivity index (χ1n) is 6.72. The molecule has 21 heavy (non-hydrogen) atoms. The zero-order valence-electron chi connectivity index (χ0n) is 12.8. The van der Waals surface area contributed by atoms with Crippen LogP contribution in [0.1, 0.15) is 59.0 Å². The Hall–Kier alpha value is -0.910. The van der Waals surface area contributed by atoms with Crippen LogP contribution in [0.3, 0.4) is 0 Å². The van der Waals surface area contributed by atoms with Gasteiger partial charge in [0.05, 0.1) is 21.1 Å². The molecule has 0 spiro atoms. The van der Waals surface area contributed by atoms with Crippen molar-refractivity contribution in [3.63, 3.8) is 0 Å². The summed E-state index contributed by atoms with van der Waals surface area (Å²) >= 11 is 8.89. The number of halogens is 1. The summed E-state index contributed by atoms with van der Waals surface area (Å²) in [6.45, 7) is 10.1. The number of rotatable bonds is 3. The van der Waals surface area contributed by atoms with Crippen LogP contribution >= 0.6 is 34.3 Å². The molecule has 2 aromatic rings. The second-order valence-corrected chi connectivity index (χ2v) is 8.77. The van der Waals surface area contributed by atoms with E-state index in [4.69, 9.17) is 11.6 Å². The molecule has 1 N–H and O–H groups in total. The van der Waals surface area contributed by atoms with Crippen LogP contribution < -0.4 is 5.32 Å². The predicted octanol–water partition coefficient (Wildman–Crippen LogP) is 4.95. The van der Waals surface area contributed by atoms with E-state index in [9.17, 15) is 4.79 Å². The van der Waals surface area contributed by atoms with Gasteiger partial charge in [0.2, 0.25) is 0 Å². The zero-order chi connectivity index (χ0) is 15.8. The molecule has 0 aliphatic rings. The number of aromatic nitrogens is 1. The fraction of sp³-hybridized carbons (Fsp3) is 0.467. The van der Waals surface area contributed by atoms with Gasteiger partial charge in [-0.05, 0) is 26.0 Å². The van der Waals surface area contributed by atoms with E-state index in [1.54, 1.807) is 0 Å². The maximum Gasteiger partial charge on any atom is 0.263 e. The SMILES string of the molecule is Cc1nc(C(C)(C)C)sc1C(=O)NC(C)c1ccc(Cl)s1. The van der Waals surface area contributed by atoms with E-state index in [-0.39, 0.29) is 17.4 Å². The van der Waals surface area contributed by atoms with Gasteiger partial charge in [0.1, 0.15) is 4.88 Å². The summed E-state index contributed by atoms with van der Waals surface area (Å²) in [6, 6.07) is 3.73. The quantitative estimate of drug-likeness (QED) is 0.857. The normalized spacial score (nSPS) is 13.2. The standard InChI is InChI=1S/C15H19ClN2OS2/c1-8(10-6-7-11(16)20-10)17-13(19)12-9(2)18-14(21-12)15(3,4)5/h6-8H,1-5H3,(H,17,19). The third-order valence-corrected chi connectivity index (χ3v) is 6.01. The first-order valence-corrected chi connectivity index (χ1v) is 8.73. The molecule has 0 aromatic carbocycles. The monoisotopic (exact) mass is 342 g/mol. The topological polar surface area (TPSA) is 42.0 Å². The number of thiophene rings is 1. The third-order valence-electron chi connectivity index (χ3n) is 3.01. The largest absolute Gasteiger partial charge is 0.344 e. The molecule has 1 amide bonds. The first kappa shape index (κ1) is 16.5. The lowest BCUT2D eigenvalue weighted by Gasteiger charge is -2.13. The molecule has 1 atom stereocenters. The van der Waals surface area contributed by atoms with Crippen LogP contribution in [0.5, 0.6) is 0 Å². The Morgan fingerprint density at radius 1 is 1.33 bits per heavy atom. The zero-order valence-corrected chi connectivity index (χ0v) is 15.2. The smallest absolute Gasteiger partial charge is 0.263 e. The Labute approximate surface area is 138 Å². The lowest BCUT2D eigenvalue weighted by molar-refractivity contribution is 0.0944. The van der Waals surface area contributed by atoms with Crippen molar-refractivity contribution < 1.29 is 4.79 Å². The number of nitrogens with one attached hydrogen (secondary N) is 1. The Bertz CT molecular complexity index is 655. The molecule has 0 fully saturated rings. The van der Waals surface area contributed by atoms with Crippen molar-refractivity contribution in [3.05, 3.63) is 36.9 Å². The Morgan fingerprint density at radius 2 is 2.00 bits per heavy atom. The van der Waals surface area contributed by atoms with Crippen LogP contribution in [0.25, 0.3) is 0 Å². The van der Waals surface area contributed by atoms with Gasteiger partial charge < -0.3 is 5.32 Å². The summed E-state index contributed by atoms with van der Waals surface area (Å²) in [6.07, 6.45) is 0. The van der Waals surface area contributed by atoms with Crippen molar-refractivity contribution in [2.45, 2.75) is 46.1 Å². The van der Waals surface area contributed by atoms with Gasteiger partial charge in [-0.3, -0.25) is 4.79 Å². The Morgan fingerprint density at radius 3 is 2.48 bits per heavy atom. The van der Waals surface area contributed by atoms with Crippen LogP contribution in [0.2, 0.25) is 4.34 Å². The molecule has 2 heterocycles. The Balaban J connectivity index is 2.15. The highest BCUT2D eigenvalue weighted by Crippen LogP contribution is 2.30. The van der Waals surface area contributed by atoms with E-state index in [0.29, 0.717) is 4.88 Å². The van der Waals surface area contributed by atoms with Crippen LogP contribution in [-0.4, -0.2) is 10.9 Å². The lowest BCUT2D eigenvalue weighted by atomic mass is 9.98. The lowest BCUT2D eigenvalue weighted by Crippen LogP contribution is -2.25. The number of thiazole rings is 1. The van der Waals surface area contributed by atoms with Gasteiger partial charge in [-0.1, -0.05) is 32.4 Å². The predicted molar refractivity (Wildman–Crippen MR) is 90.8 cm³/mol. The fourth-order valence-corrected chi connectivity index (χ4v) is 3.91. The van der Waals surface area contributed by atoms with Crippen LogP contribution in [0, 0.1) is 6.92 Å². The van der Waals surface area contributed by atoms with Crippen molar-refractivity contribution in [2.75, 3.05) is 0 Å².